The lowest BCUT2D eigenvalue weighted by atomic mass is 9.84. The molecule has 0 unspecified atom stereocenters. The molecule has 0 aliphatic heterocycles. The molecule has 0 bridgehead atoms. The molecule has 81 heavy (non-hydrogen) atoms. The highest BCUT2D eigenvalue weighted by atomic mass is 16.4. The van der Waals surface area contributed by atoms with E-state index in [1.54, 1.807) is 48.5 Å². The first-order chi connectivity index (χ1) is 39.2. The van der Waals surface area contributed by atoms with Crippen LogP contribution in [0.3, 0.4) is 0 Å². The van der Waals surface area contributed by atoms with Gasteiger partial charge >= 0.3 is 23.9 Å². The highest BCUT2D eigenvalue weighted by Gasteiger charge is 2.19. The van der Waals surface area contributed by atoms with Gasteiger partial charge in [-0.05, 0) is 164 Å². The predicted octanol–water partition coefficient (Wildman–Crippen LogP) is 15.8. The van der Waals surface area contributed by atoms with Gasteiger partial charge in [-0.3, -0.25) is 19.2 Å². The molecule has 13 heteroatoms. The van der Waals surface area contributed by atoms with E-state index in [2.05, 4.69) is 48.5 Å². The van der Waals surface area contributed by atoms with Crippen LogP contribution in [-0.4, -0.2) is 44.3 Å². The molecule has 8 rings (SSSR count). The van der Waals surface area contributed by atoms with Crippen LogP contribution in [0.2, 0.25) is 0 Å². The molecule has 0 amide bonds. The third-order valence-electron chi connectivity index (χ3n) is 13.6. The molecule has 1 saturated carbocycles. The zero-order valence-corrected chi connectivity index (χ0v) is 43.4. The summed E-state index contributed by atoms with van der Waals surface area (Å²) >= 11 is 0. The Kier molecular flexibility index (Phi) is 18.0. The predicted molar refractivity (Wildman–Crippen MR) is 316 cm³/mol. The largest absolute Gasteiger partial charge is 0.486 e. The molecule has 1 aliphatic carbocycles. The lowest BCUT2D eigenvalue weighted by molar-refractivity contribution is -0.133. The van der Waals surface area contributed by atoms with Crippen molar-refractivity contribution in [1.82, 2.24) is 0 Å². The van der Waals surface area contributed by atoms with Crippen molar-refractivity contribution in [2.45, 2.75) is 38.0 Å². The van der Waals surface area contributed by atoms with Gasteiger partial charge in [0.1, 0.15) is 0 Å². The van der Waals surface area contributed by atoms with Gasteiger partial charge < -0.3 is 25.3 Å². The van der Waals surface area contributed by atoms with Crippen molar-refractivity contribution < 1.29 is 39.6 Å². The maximum atomic E-state index is 11.6. The van der Waals surface area contributed by atoms with Gasteiger partial charge in [0.05, 0.1) is 26.3 Å². The monoisotopic (exact) mass is 1060 g/mol. The Morgan fingerprint density at radius 2 is 0.580 bits per heavy atom. The third kappa shape index (κ3) is 14.2. The van der Waals surface area contributed by atoms with E-state index < -0.39 is 46.7 Å². The van der Waals surface area contributed by atoms with Crippen molar-refractivity contribution in [3.05, 3.63) is 300 Å². The highest BCUT2D eigenvalue weighted by Crippen LogP contribution is 2.39. The van der Waals surface area contributed by atoms with E-state index in [9.17, 15) is 39.6 Å². The lowest BCUT2D eigenvalue weighted by Crippen LogP contribution is -2.10. The molecule has 7 aromatic rings. The van der Waals surface area contributed by atoms with Crippen molar-refractivity contribution in [2.24, 2.45) is 0 Å². The van der Waals surface area contributed by atoms with Crippen LogP contribution >= 0.6 is 0 Å². The summed E-state index contributed by atoms with van der Waals surface area (Å²) in [6, 6.07) is 53.5. The summed E-state index contributed by atoms with van der Waals surface area (Å²) in [5.41, 5.74) is 10.8. The Bertz CT molecular complexity index is 3490. The van der Waals surface area contributed by atoms with Crippen LogP contribution in [0.15, 0.2) is 193 Å². The quantitative estimate of drug-likeness (QED) is 0.0371. The van der Waals surface area contributed by atoms with Gasteiger partial charge in [-0.2, -0.15) is 0 Å². The van der Waals surface area contributed by atoms with Crippen molar-refractivity contribution in [1.29, 1.82) is 0 Å². The summed E-state index contributed by atoms with van der Waals surface area (Å²) in [5, 5.41) is 37.9. The molecular formula is C68H49N5O8. The maximum absolute atomic E-state index is 11.6. The fraction of sp³-hybridized carbons (Fsp3) is 0.0882. The topological polar surface area (TPSA) is 170 Å². The number of rotatable bonds is 18. The molecule has 0 aromatic heterocycles. The van der Waals surface area contributed by atoms with E-state index in [-0.39, 0.29) is 0 Å². The zero-order valence-electron chi connectivity index (χ0n) is 43.4. The summed E-state index contributed by atoms with van der Waals surface area (Å²) in [4.78, 5) is 61.1. The normalized spacial score (nSPS) is 12.8. The van der Waals surface area contributed by atoms with Gasteiger partial charge in [0.2, 0.25) is 0 Å². The van der Waals surface area contributed by atoms with Crippen LogP contribution in [-0.2, 0) is 19.2 Å². The van der Waals surface area contributed by atoms with Gasteiger partial charge in [0.15, 0.2) is 0 Å². The molecule has 13 nitrogen and oxygen atoms in total. The molecule has 0 spiro atoms. The van der Waals surface area contributed by atoms with Crippen LogP contribution in [0.25, 0.3) is 67.0 Å². The molecule has 0 atom stereocenters. The average Bonchev–Trinajstić information content (AvgIpc) is 3.49. The van der Waals surface area contributed by atoms with Gasteiger partial charge in [-0.1, -0.05) is 153 Å². The molecule has 394 valence electrons. The van der Waals surface area contributed by atoms with Crippen molar-refractivity contribution in [3.63, 3.8) is 0 Å². The summed E-state index contributed by atoms with van der Waals surface area (Å²) in [6.45, 7) is 29.2. The van der Waals surface area contributed by atoms with Crippen LogP contribution < -0.4 is 4.90 Å². The van der Waals surface area contributed by atoms with E-state index in [0.717, 1.165) is 74.4 Å². The van der Waals surface area contributed by atoms with E-state index >= 15 is 0 Å². The van der Waals surface area contributed by atoms with Gasteiger partial charge in [0.25, 0.3) is 22.8 Å². The molecule has 7 aromatic carbocycles. The number of carbonyl (C=O) groups is 4. The summed E-state index contributed by atoms with van der Waals surface area (Å²) in [5.74, 6) is -4.80. The fourth-order valence-electron chi connectivity index (χ4n) is 9.45. The van der Waals surface area contributed by atoms with Crippen LogP contribution in [0.5, 0.6) is 0 Å². The molecule has 0 radical (unpaired) electrons. The molecule has 1 fully saturated rings. The van der Waals surface area contributed by atoms with E-state index in [4.69, 9.17) is 26.3 Å². The number of hydrogen-bond donors (Lipinski definition) is 4. The van der Waals surface area contributed by atoms with Crippen molar-refractivity contribution in [2.75, 3.05) is 4.90 Å². The highest BCUT2D eigenvalue weighted by molar-refractivity contribution is 5.98. The number of aliphatic carboxylic acids is 4. The van der Waals surface area contributed by atoms with Crippen molar-refractivity contribution >= 4 is 88.5 Å². The van der Waals surface area contributed by atoms with Crippen molar-refractivity contribution in [3.8, 4) is 0 Å². The SMILES string of the molecule is [C-]#[N+]C(=Cc1ccc(C(=Cc2ccc(N(c3ccc(C=C(c4ccc(C=C([N+]#[C-])C(=O)O)cc4)c4ccc(C=C([N+]#[C-])C(=O)O)cc4)cc3)c3ccc(C4CCCCC4)cc3)cc2)c2ccc(C=C([N+]#[C-])C(=O)O)cc2)cc1)C(=O)O. The van der Waals surface area contributed by atoms with E-state index in [1.165, 1.54) is 49.1 Å². The molecule has 0 saturated heterocycles. The molecule has 0 heterocycles. The fourth-order valence-corrected chi connectivity index (χ4v) is 9.45. The maximum Gasteiger partial charge on any atom is 0.333 e. The van der Waals surface area contributed by atoms with Gasteiger partial charge in [-0.25, -0.2) is 19.4 Å². The number of carboxylic acid groups (broad SMARTS) is 4. The lowest BCUT2D eigenvalue weighted by Gasteiger charge is -2.27. The first kappa shape index (κ1) is 55.8. The Morgan fingerprint density at radius 3 is 0.827 bits per heavy atom. The Morgan fingerprint density at radius 1 is 0.346 bits per heavy atom. The second-order valence-electron chi connectivity index (χ2n) is 18.8. The number of nitrogens with zero attached hydrogens (tertiary/aromatic N) is 5. The second kappa shape index (κ2) is 26.1. The minimum absolute atomic E-state index is 0.419. The van der Waals surface area contributed by atoms with Gasteiger partial charge in [-0.15, -0.1) is 0 Å². The number of anilines is 3. The number of benzene rings is 7. The average molecular weight is 1060 g/mol. The molecule has 4 N–H and O–H groups in total. The minimum atomic E-state index is -1.33. The third-order valence-corrected chi connectivity index (χ3v) is 13.6. The Balaban J connectivity index is 1.19. The summed E-state index contributed by atoms with van der Waals surface area (Å²) < 4.78 is 0. The molecule has 1 aliphatic rings. The standard InChI is InChI=1S/C68H49N5O8/c1-69-61(65(74)75)40-46-10-22-52(23-11-46)59(53-24-12-47(13-25-53)41-62(70-2)66(76)77)38-44-18-32-56(33-19-44)73(58-36-30-51(31-37-58)50-8-6-5-7-9-50)57-34-20-45(21-35-57)39-60(54-26-14-48(15-27-54)42-63(71-3)67(78)79)55-28-16-49(17-29-55)43-64(72-4)68(80)81/h10-43,50H,5-9H2,(H,74,75)(H,76,77)(H,78,79)(H,80,81). The van der Waals surface area contributed by atoms with Gasteiger partial charge in [0, 0.05) is 17.1 Å². The first-order valence-electron chi connectivity index (χ1n) is 25.5. The van der Waals surface area contributed by atoms with E-state index in [0.29, 0.717) is 28.2 Å². The Hall–Kier alpha value is -11.4. The van der Waals surface area contributed by atoms with Crippen LogP contribution in [0.1, 0.15) is 99.2 Å². The Labute approximate surface area is 468 Å². The zero-order chi connectivity index (χ0) is 57.4. The molecular weight excluding hydrogens is 1010 g/mol. The second-order valence-corrected chi connectivity index (χ2v) is 18.8. The summed E-state index contributed by atoms with van der Waals surface area (Å²) in [6.07, 6.45) is 15.2. The number of hydrogen-bond acceptors (Lipinski definition) is 5. The van der Waals surface area contributed by atoms with Crippen LogP contribution in [0, 0.1) is 26.3 Å². The minimum Gasteiger partial charge on any atom is -0.486 e. The smallest absolute Gasteiger partial charge is 0.333 e. The summed E-state index contributed by atoms with van der Waals surface area (Å²) in [7, 11) is 0. The van der Waals surface area contributed by atoms with E-state index in [1.807, 2.05) is 109 Å². The van der Waals surface area contributed by atoms with Crippen LogP contribution in [0.4, 0.5) is 17.1 Å². The number of carboxylic acids is 4. The first-order valence-corrected chi connectivity index (χ1v) is 25.5.